The molecule has 2 rings (SSSR count). The molecule has 0 unspecified atom stereocenters. The molecule has 1 aromatic carbocycles. The zero-order chi connectivity index (χ0) is 11.2. The van der Waals surface area contributed by atoms with Crippen molar-refractivity contribution in [3.63, 3.8) is 0 Å². The van der Waals surface area contributed by atoms with Crippen LogP contribution in [-0.2, 0) is 6.54 Å². The van der Waals surface area contributed by atoms with Gasteiger partial charge in [0.05, 0.1) is 18.2 Å². The Balaban J connectivity index is 1.88. The molecule has 1 N–H and O–H groups in total. The summed E-state index contributed by atoms with van der Waals surface area (Å²) < 4.78 is 1.86. The average Bonchev–Trinajstić information content (AvgIpc) is 2.82. The van der Waals surface area contributed by atoms with E-state index in [1.165, 1.54) is 0 Å². The molecule has 0 aliphatic rings. The zero-order valence-electron chi connectivity index (χ0n) is 8.80. The van der Waals surface area contributed by atoms with Crippen molar-refractivity contribution in [1.29, 1.82) is 5.26 Å². The summed E-state index contributed by atoms with van der Waals surface area (Å²) in [6.07, 6.45) is 3.68. The number of hydrogen-bond donors (Lipinski definition) is 1. The predicted octanol–water partition coefficient (Wildman–Crippen LogP) is 1.87. The van der Waals surface area contributed by atoms with Crippen molar-refractivity contribution in [1.82, 2.24) is 9.78 Å². The normalized spacial score (nSPS) is 9.69. The quantitative estimate of drug-likeness (QED) is 0.841. The lowest BCUT2D eigenvalue weighted by Crippen LogP contribution is -2.10. The number of anilines is 1. The smallest absolute Gasteiger partial charge is 0.0992 e. The van der Waals surface area contributed by atoms with Gasteiger partial charge < -0.3 is 5.32 Å². The van der Waals surface area contributed by atoms with E-state index in [9.17, 15) is 0 Å². The Hall–Kier alpha value is -2.28. The third-order valence-electron chi connectivity index (χ3n) is 2.22. The van der Waals surface area contributed by atoms with Gasteiger partial charge in [0, 0.05) is 24.6 Å². The van der Waals surface area contributed by atoms with Gasteiger partial charge in [0.15, 0.2) is 0 Å². The first-order valence-electron chi connectivity index (χ1n) is 5.10. The molecule has 2 aromatic rings. The molecule has 1 heterocycles. The second-order valence-electron chi connectivity index (χ2n) is 3.39. The van der Waals surface area contributed by atoms with Crippen LogP contribution in [-0.4, -0.2) is 16.3 Å². The lowest BCUT2D eigenvalue weighted by molar-refractivity contribution is 0.638. The molecule has 16 heavy (non-hydrogen) atoms. The fourth-order valence-corrected chi connectivity index (χ4v) is 1.45. The standard InChI is InChI=1S/C12H12N4/c13-10-11-3-1-4-12(9-11)14-6-8-16-7-2-5-15-16/h1-5,7,9,14H,6,8H2. The van der Waals surface area contributed by atoms with Gasteiger partial charge in [0.1, 0.15) is 0 Å². The molecule has 0 spiro atoms. The Morgan fingerprint density at radius 3 is 3.06 bits per heavy atom. The molecule has 0 aliphatic carbocycles. The van der Waals surface area contributed by atoms with Crippen LogP contribution < -0.4 is 5.32 Å². The van der Waals surface area contributed by atoms with Crippen LogP contribution in [0.1, 0.15) is 5.56 Å². The minimum Gasteiger partial charge on any atom is -0.383 e. The SMILES string of the molecule is N#Cc1cccc(NCCn2cccn2)c1. The number of aromatic nitrogens is 2. The monoisotopic (exact) mass is 212 g/mol. The molecule has 0 bridgehead atoms. The molecule has 0 aliphatic heterocycles. The van der Waals surface area contributed by atoms with Gasteiger partial charge in [-0.1, -0.05) is 6.07 Å². The van der Waals surface area contributed by atoms with Gasteiger partial charge in [-0.05, 0) is 24.3 Å². The minimum atomic E-state index is 0.670. The summed E-state index contributed by atoms with van der Waals surface area (Å²) in [6.45, 7) is 1.60. The molecule has 0 saturated carbocycles. The van der Waals surface area contributed by atoms with Gasteiger partial charge in [-0.2, -0.15) is 10.4 Å². The average molecular weight is 212 g/mol. The van der Waals surface area contributed by atoms with E-state index < -0.39 is 0 Å². The lowest BCUT2D eigenvalue weighted by atomic mass is 10.2. The molecular weight excluding hydrogens is 200 g/mol. The van der Waals surface area contributed by atoms with Crippen molar-refractivity contribution >= 4 is 5.69 Å². The molecule has 0 amide bonds. The minimum absolute atomic E-state index is 0.670. The summed E-state index contributed by atoms with van der Waals surface area (Å²) in [5.74, 6) is 0. The molecular formula is C12H12N4. The highest BCUT2D eigenvalue weighted by Gasteiger charge is 1.94. The third kappa shape index (κ3) is 2.61. The highest BCUT2D eigenvalue weighted by atomic mass is 15.3. The Morgan fingerprint density at radius 2 is 2.31 bits per heavy atom. The van der Waals surface area contributed by atoms with E-state index in [0.717, 1.165) is 18.8 Å². The second-order valence-corrected chi connectivity index (χ2v) is 3.39. The number of nitrogens with zero attached hydrogens (tertiary/aromatic N) is 3. The molecule has 0 fully saturated rings. The van der Waals surface area contributed by atoms with Gasteiger partial charge in [0.25, 0.3) is 0 Å². The van der Waals surface area contributed by atoms with Gasteiger partial charge in [-0.3, -0.25) is 4.68 Å². The number of hydrogen-bond acceptors (Lipinski definition) is 3. The zero-order valence-corrected chi connectivity index (χ0v) is 8.80. The number of benzene rings is 1. The van der Waals surface area contributed by atoms with Gasteiger partial charge >= 0.3 is 0 Å². The largest absolute Gasteiger partial charge is 0.383 e. The van der Waals surface area contributed by atoms with Crippen LogP contribution in [0.25, 0.3) is 0 Å². The maximum atomic E-state index is 8.75. The van der Waals surface area contributed by atoms with E-state index in [1.807, 2.05) is 35.1 Å². The van der Waals surface area contributed by atoms with E-state index in [-0.39, 0.29) is 0 Å². The molecule has 4 heteroatoms. The highest BCUT2D eigenvalue weighted by Crippen LogP contribution is 2.09. The van der Waals surface area contributed by atoms with Gasteiger partial charge in [-0.25, -0.2) is 0 Å². The molecule has 80 valence electrons. The summed E-state index contributed by atoms with van der Waals surface area (Å²) >= 11 is 0. The second kappa shape index (κ2) is 4.99. The first-order valence-corrected chi connectivity index (χ1v) is 5.10. The van der Waals surface area contributed by atoms with E-state index in [4.69, 9.17) is 5.26 Å². The van der Waals surface area contributed by atoms with Crippen molar-refractivity contribution in [3.05, 3.63) is 48.3 Å². The van der Waals surface area contributed by atoms with Crippen molar-refractivity contribution in [2.75, 3.05) is 11.9 Å². The Morgan fingerprint density at radius 1 is 1.38 bits per heavy atom. The maximum absolute atomic E-state index is 8.75. The maximum Gasteiger partial charge on any atom is 0.0992 e. The van der Waals surface area contributed by atoms with Crippen molar-refractivity contribution in [2.24, 2.45) is 0 Å². The highest BCUT2D eigenvalue weighted by molar-refractivity contribution is 5.48. The summed E-state index contributed by atoms with van der Waals surface area (Å²) in [4.78, 5) is 0. The number of nitriles is 1. The summed E-state index contributed by atoms with van der Waals surface area (Å²) in [6, 6.07) is 11.5. The fourth-order valence-electron chi connectivity index (χ4n) is 1.45. The predicted molar refractivity (Wildman–Crippen MR) is 61.9 cm³/mol. The van der Waals surface area contributed by atoms with E-state index in [1.54, 1.807) is 12.3 Å². The summed E-state index contributed by atoms with van der Waals surface area (Å²) in [5.41, 5.74) is 1.63. The summed E-state index contributed by atoms with van der Waals surface area (Å²) in [5, 5.41) is 16.1. The van der Waals surface area contributed by atoms with Crippen LogP contribution in [0.3, 0.4) is 0 Å². The Kier molecular flexibility index (Phi) is 3.19. The van der Waals surface area contributed by atoms with Crippen LogP contribution in [0.15, 0.2) is 42.7 Å². The lowest BCUT2D eigenvalue weighted by Gasteiger charge is -2.06. The third-order valence-corrected chi connectivity index (χ3v) is 2.22. The van der Waals surface area contributed by atoms with E-state index in [2.05, 4.69) is 16.5 Å². The number of rotatable bonds is 4. The van der Waals surface area contributed by atoms with E-state index in [0.29, 0.717) is 5.56 Å². The van der Waals surface area contributed by atoms with Crippen LogP contribution in [0.2, 0.25) is 0 Å². The molecule has 1 aromatic heterocycles. The topological polar surface area (TPSA) is 53.6 Å². The summed E-state index contributed by atoms with van der Waals surface area (Å²) in [7, 11) is 0. The Bertz CT molecular complexity index is 482. The molecule has 4 nitrogen and oxygen atoms in total. The van der Waals surface area contributed by atoms with E-state index >= 15 is 0 Å². The fraction of sp³-hybridized carbons (Fsp3) is 0.167. The first kappa shape index (κ1) is 10.2. The molecule has 0 saturated heterocycles. The molecule has 0 radical (unpaired) electrons. The van der Waals surface area contributed by atoms with Crippen LogP contribution >= 0.6 is 0 Å². The van der Waals surface area contributed by atoms with Gasteiger partial charge in [0.2, 0.25) is 0 Å². The number of nitrogens with one attached hydrogen (secondary N) is 1. The first-order chi connectivity index (χ1) is 7.88. The van der Waals surface area contributed by atoms with Crippen molar-refractivity contribution in [2.45, 2.75) is 6.54 Å². The van der Waals surface area contributed by atoms with Crippen molar-refractivity contribution < 1.29 is 0 Å². The van der Waals surface area contributed by atoms with Crippen LogP contribution in [0, 0.1) is 11.3 Å². The van der Waals surface area contributed by atoms with Crippen molar-refractivity contribution in [3.8, 4) is 6.07 Å². The van der Waals surface area contributed by atoms with Crippen LogP contribution in [0.4, 0.5) is 5.69 Å². The van der Waals surface area contributed by atoms with Gasteiger partial charge in [-0.15, -0.1) is 0 Å². The molecule has 0 atom stereocenters. The Labute approximate surface area is 94.1 Å². The van der Waals surface area contributed by atoms with Crippen LogP contribution in [0.5, 0.6) is 0 Å².